The molecule has 1 unspecified atom stereocenters. The second-order valence-corrected chi connectivity index (χ2v) is 7.64. The number of amides is 1. The van der Waals surface area contributed by atoms with Crippen LogP contribution in [-0.4, -0.2) is 46.5 Å². The van der Waals surface area contributed by atoms with Crippen LogP contribution in [0.15, 0.2) is 30.6 Å². The Morgan fingerprint density at radius 2 is 2.11 bits per heavy atom. The quantitative estimate of drug-likeness (QED) is 0.714. The zero-order valence-electron chi connectivity index (χ0n) is 16.7. The van der Waals surface area contributed by atoms with E-state index in [1.165, 1.54) is 6.33 Å². The largest absolute Gasteiger partial charge is 0.437 e. The van der Waals surface area contributed by atoms with Crippen molar-refractivity contribution >= 4 is 23.3 Å². The first kappa shape index (κ1) is 20.4. The molecule has 1 amide bonds. The summed E-state index contributed by atoms with van der Waals surface area (Å²) in [6.07, 6.45) is 4.11. The topological polar surface area (TPSA) is 58.6 Å². The summed E-state index contributed by atoms with van der Waals surface area (Å²) >= 11 is 6.22. The van der Waals surface area contributed by atoms with E-state index in [1.54, 1.807) is 0 Å². The van der Waals surface area contributed by atoms with Gasteiger partial charge in [0.2, 0.25) is 11.8 Å². The molecular formula is C21H27ClN4O2. The molecule has 28 heavy (non-hydrogen) atoms. The van der Waals surface area contributed by atoms with Gasteiger partial charge in [-0.15, -0.1) is 0 Å². The first-order valence-corrected chi connectivity index (χ1v) is 10.2. The van der Waals surface area contributed by atoms with Gasteiger partial charge in [-0.1, -0.05) is 31.0 Å². The van der Waals surface area contributed by atoms with Crippen molar-refractivity contribution < 1.29 is 9.53 Å². The van der Waals surface area contributed by atoms with Gasteiger partial charge >= 0.3 is 0 Å². The number of carbonyl (C=O) groups is 1. The summed E-state index contributed by atoms with van der Waals surface area (Å²) in [4.78, 5) is 25.1. The number of halogens is 1. The van der Waals surface area contributed by atoms with Gasteiger partial charge in [-0.2, -0.15) is 0 Å². The van der Waals surface area contributed by atoms with Crippen LogP contribution in [0.1, 0.15) is 38.7 Å². The molecule has 6 nitrogen and oxygen atoms in total. The van der Waals surface area contributed by atoms with Crippen molar-refractivity contribution in [3.05, 3.63) is 41.2 Å². The van der Waals surface area contributed by atoms with E-state index in [2.05, 4.69) is 28.7 Å². The molecule has 1 saturated heterocycles. The van der Waals surface area contributed by atoms with Crippen LogP contribution in [0.5, 0.6) is 11.6 Å². The molecule has 0 radical (unpaired) electrons. The summed E-state index contributed by atoms with van der Waals surface area (Å²) in [6.45, 7) is 8.35. The second-order valence-electron chi connectivity index (χ2n) is 7.24. The number of rotatable bonds is 6. The first-order chi connectivity index (χ1) is 13.5. The Morgan fingerprint density at radius 1 is 1.29 bits per heavy atom. The average Bonchev–Trinajstić information content (AvgIpc) is 2.69. The number of benzene rings is 1. The predicted molar refractivity (Wildman–Crippen MR) is 111 cm³/mol. The highest BCUT2D eigenvalue weighted by atomic mass is 35.5. The molecule has 2 heterocycles. The van der Waals surface area contributed by atoms with Crippen molar-refractivity contribution in [2.45, 2.75) is 46.1 Å². The minimum Gasteiger partial charge on any atom is -0.437 e. The van der Waals surface area contributed by atoms with Crippen molar-refractivity contribution in [2.24, 2.45) is 0 Å². The van der Waals surface area contributed by atoms with Gasteiger partial charge < -0.3 is 14.5 Å². The Hall–Kier alpha value is -2.34. The molecule has 1 aromatic carbocycles. The molecule has 1 atom stereocenters. The molecule has 0 spiro atoms. The van der Waals surface area contributed by atoms with E-state index < -0.39 is 0 Å². The highest BCUT2D eigenvalue weighted by Crippen LogP contribution is 2.30. The van der Waals surface area contributed by atoms with Crippen LogP contribution in [0, 0.1) is 6.92 Å². The van der Waals surface area contributed by atoms with Crippen LogP contribution in [0.2, 0.25) is 5.02 Å². The van der Waals surface area contributed by atoms with Gasteiger partial charge in [0, 0.05) is 38.2 Å². The molecule has 150 valence electrons. The van der Waals surface area contributed by atoms with Crippen molar-refractivity contribution in [1.29, 1.82) is 0 Å². The first-order valence-electron chi connectivity index (χ1n) is 9.78. The lowest BCUT2D eigenvalue weighted by Crippen LogP contribution is -2.54. The summed E-state index contributed by atoms with van der Waals surface area (Å²) in [6, 6.07) is 7.59. The van der Waals surface area contributed by atoms with E-state index in [4.69, 9.17) is 16.3 Å². The van der Waals surface area contributed by atoms with E-state index in [0.717, 1.165) is 37.3 Å². The van der Waals surface area contributed by atoms with Gasteiger partial charge in [0.25, 0.3) is 0 Å². The van der Waals surface area contributed by atoms with Crippen molar-refractivity contribution in [2.75, 3.05) is 24.5 Å². The van der Waals surface area contributed by atoms with Gasteiger partial charge in [0.15, 0.2) is 0 Å². The van der Waals surface area contributed by atoms with Crippen LogP contribution in [0.25, 0.3) is 0 Å². The molecular weight excluding hydrogens is 376 g/mol. The molecule has 3 rings (SSSR count). The summed E-state index contributed by atoms with van der Waals surface area (Å²) in [5.74, 6) is 2.06. The number of aryl methyl sites for hydroxylation is 1. The molecule has 0 bridgehead atoms. The zero-order valence-corrected chi connectivity index (χ0v) is 17.4. The third kappa shape index (κ3) is 4.93. The number of aromatic nitrogens is 2. The minimum absolute atomic E-state index is 0.142. The molecule has 2 aromatic rings. The standard InChI is InChI=1S/C21H27ClN4O2/c1-4-5-6-21(27)26-10-9-25(13-16(26)3)19-12-20(24-14-23-19)28-18-11-15(2)7-8-17(18)22/h7-8,11-12,14,16H,4-6,9-10,13H2,1-3H3. The minimum atomic E-state index is 0.142. The van der Waals surface area contributed by atoms with E-state index in [0.29, 0.717) is 29.6 Å². The summed E-state index contributed by atoms with van der Waals surface area (Å²) in [5.41, 5.74) is 1.06. The lowest BCUT2D eigenvalue weighted by atomic mass is 10.1. The van der Waals surface area contributed by atoms with E-state index in [-0.39, 0.29) is 11.9 Å². The molecule has 1 aliphatic heterocycles. The fourth-order valence-electron chi connectivity index (χ4n) is 3.37. The monoisotopic (exact) mass is 402 g/mol. The lowest BCUT2D eigenvalue weighted by Gasteiger charge is -2.40. The predicted octanol–water partition coefficient (Wildman–Crippen LogP) is 4.46. The Labute approximate surface area is 171 Å². The van der Waals surface area contributed by atoms with Crippen molar-refractivity contribution in [3.8, 4) is 11.6 Å². The van der Waals surface area contributed by atoms with E-state index in [9.17, 15) is 4.79 Å². The van der Waals surface area contributed by atoms with Crippen LogP contribution < -0.4 is 9.64 Å². The van der Waals surface area contributed by atoms with Gasteiger partial charge in [-0.3, -0.25) is 4.79 Å². The lowest BCUT2D eigenvalue weighted by molar-refractivity contribution is -0.133. The van der Waals surface area contributed by atoms with Gasteiger partial charge in [0.05, 0.1) is 5.02 Å². The summed E-state index contributed by atoms with van der Waals surface area (Å²) < 4.78 is 5.88. The van der Waals surface area contributed by atoms with E-state index in [1.807, 2.05) is 36.1 Å². The van der Waals surface area contributed by atoms with Crippen LogP contribution in [0.3, 0.4) is 0 Å². The number of nitrogens with zero attached hydrogens (tertiary/aromatic N) is 4. The molecule has 0 N–H and O–H groups in total. The highest BCUT2D eigenvalue weighted by Gasteiger charge is 2.27. The Balaban J connectivity index is 1.68. The Kier molecular flexibility index (Phi) is 6.73. The third-order valence-electron chi connectivity index (χ3n) is 4.94. The second kappa shape index (κ2) is 9.24. The van der Waals surface area contributed by atoms with Crippen molar-refractivity contribution in [1.82, 2.24) is 14.9 Å². The van der Waals surface area contributed by atoms with Gasteiger partial charge in [-0.05, 0) is 38.0 Å². The summed E-state index contributed by atoms with van der Waals surface area (Å²) in [7, 11) is 0. The maximum Gasteiger partial charge on any atom is 0.224 e. The summed E-state index contributed by atoms with van der Waals surface area (Å²) in [5, 5.41) is 0.540. The molecule has 1 aromatic heterocycles. The Morgan fingerprint density at radius 3 is 2.86 bits per heavy atom. The fourth-order valence-corrected chi connectivity index (χ4v) is 3.52. The number of hydrogen-bond acceptors (Lipinski definition) is 5. The highest BCUT2D eigenvalue weighted by molar-refractivity contribution is 6.32. The Bertz CT molecular complexity index is 830. The number of ether oxygens (including phenoxy) is 1. The molecule has 0 saturated carbocycles. The molecule has 0 aliphatic carbocycles. The SMILES string of the molecule is CCCCC(=O)N1CCN(c2cc(Oc3cc(C)ccc3Cl)ncn2)CC1C. The number of hydrogen-bond donors (Lipinski definition) is 0. The molecule has 1 fully saturated rings. The van der Waals surface area contributed by atoms with Crippen LogP contribution in [-0.2, 0) is 4.79 Å². The van der Waals surface area contributed by atoms with Crippen molar-refractivity contribution in [3.63, 3.8) is 0 Å². The molecule has 7 heteroatoms. The third-order valence-corrected chi connectivity index (χ3v) is 5.26. The number of piperazine rings is 1. The van der Waals surface area contributed by atoms with E-state index >= 15 is 0 Å². The number of anilines is 1. The van der Waals surface area contributed by atoms with Gasteiger partial charge in [0.1, 0.15) is 17.9 Å². The zero-order chi connectivity index (χ0) is 20.1. The maximum absolute atomic E-state index is 12.4. The number of carbonyl (C=O) groups excluding carboxylic acids is 1. The molecule has 1 aliphatic rings. The fraction of sp³-hybridized carbons (Fsp3) is 0.476. The van der Waals surface area contributed by atoms with Crippen LogP contribution >= 0.6 is 11.6 Å². The smallest absolute Gasteiger partial charge is 0.224 e. The number of unbranched alkanes of at least 4 members (excludes halogenated alkanes) is 1. The van der Waals surface area contributed by atoms with Crippen LogP contribution in [0.4, 0.5) is 5.82 Å². The van der Waals surface area contributed by atoms with Gasteiger partial charge in [-0.25, -0.2) is 9.97 Å². The maximum atomic E-state index is 12.4. The normalized spacial score (nSPS) is 16.9. The average molecular weight is 403 g/mol.